The van der Waals surface area contributed by atoms with Gasteiger partial charge in [0, 0.05) is 37.0 Å². The number of carboxylic acid groups (broad SMARTS) is 1. The SMILES string of the molecule is O=C(O)CN(CC1CC1)C1CC(NC(=O)CCC(=O)c2ccc3c(c2)CCC3)C1. The summed E-state index contributed by atoms with van der Waals surface area (Å²) in [6, 6.07) is 6.27. The molecule has 3 aliphatic rings. The van der Waals surface area contributed by atoms with E-state index in [0.717, 1.165) is 38.6 Å². The standard InChI is InChI=1S/C23H30N2O4/c26-21(18-7-6-16-2-1-3-17(16)10-18)8-9-22(27)24-19-11-20(12-19)25(14-23(28)29)13-15-4-5-15/h6-7,10,15,19-20H,1-5,8-9,11-14H2,(H,24,27)(H,28,29). The molecule has 0 aromatic heterocycles. The van der Waals surface area contributed by atoms with Crippen LogP contribution in [0.3, 0.4) is 0 Å². The number of carbonyl (C=O) groups is 3. The van der Waals surface area contributed by atoms with Crippen molar-refractivity contribution in [3.8, 4) is 0 Å². The Morgan fingerprint density at radius 2 is 1.83 bits per heavy atom. The first-order chi connectivity index (χ1) is 14.0. The van der Waals surface area contributed by atoms with E-state index in [-0.39, 0.29) is 43.2 Å². The first kappa shape index (κ1) is 20.1. The van der Waals surface area contributed by atoms with Crippen molar-refractivity contribution in [2.45, 2.75) is 69.9 Å². The van der Waals surface area contributed by atoms with Crippen LogP contribution in [0.4, 0.5) is 0 Å². The summed E-state index contributed by atoms with van der Waals surface area (Å²) in [6.07, 6.45) is 7.71. The van der Waals surface area contributed by atoms with Gasteiger partial charge in [-0.3, -0.25) is 19.3 Å². The number of hydrogen-bond donors (Lipinski definition) is 2. The zero-order valence-corrected chi connectivity index (χ0v) is 16.9. The van der Waals surface area contributed by atoms with Crippen LogP contribution in [0.25, 0.3) is 0 Å². The third-order valence-electron chi connectivity index (χ3n) is 6.52. The highest BCUT2D eigenvalue weighted by molar-refractivity contribution is 5.98. The molecule has 29 heavy (non-hydrogen) atoms. The number of carbonyl (C=O) groups excluding carboxylic acids is 2. The predicted octanol–water partition coefficient (Wildman–Crippen LogP) is 2.58. The Balaban J connectivity index is 1.18. The molecule has 1 aromatic rings. The fourth-order valence-corrected chi connectivity index (χ4v) is 4.57. The Labute approximate surface area is 171 Å². The Bertz CT molecular complexity index is 796. The summed E-state index contributed by atoms with van der Waals surface area (Å²) in [5, 5.41) is 12.1. The lowest BCUT2D eigenvalue weighted by molar-refractivity contribution is -0.140. The Morgan fingerprint density at radius 3 is 2.55 bits per heavy atom. The monoisotopic (exact) mass is 398 g/mol. The average Bonchev–Trinajstić information content (AvgIpc) is 3.34. The molecule has 0 atom stereocenters. The third-order valence-corrected chi connectivity index (χ3v) is 6.52. The van der Waals surface area contributed by atoms with Gasteiger partial charge in [0.05, 0.1) is 6.54 Å². The van der Waals surface area contributed by atoms with Crippen LogP contribution in [0.15, 0.2) is 18.2 Å². The van der Waals surface area contributed by atoms with Crippen LogP contribution in [-0.4, -0.2) is 52.8 Å². The van der Waals surface area contributed by atoms with E-state index in [2.05, 4.69) is 16.3 Å². The number of nitrogens with zero attached hydrogens (tertiary/aromatic N) is 1. The van der Waals surface area contributed by atoms with Crippen molar-refractivity contribution in [1.82, 2.24) is 10.2 Å². The normalized spacial score (nSPS) is 22.8. The molecule has 0 bridgehead atoms. The molecule has 0 aliphatic heterocycles. The number of fused-ring (bicyclic) bond motifs is 1. The molecule has 6 heteroatoms. The molecule has 0 unspecified atom stereocenters. The van der Waals surface area contributed by atoms with Gasteiger partial charge in [0.25, 0.3) is 0 Å². The van der Waals surface area contributed by atoms with E-state index in [1.807, 2.05) is 12.1 Å². The second kappa shape index (κ2) is 8.66. The zero-order chi connectivity index (χ0) is 20.4. The first-order valence-electron chi connectivity index (χ1n) is 10.9. The molecule has 6 nitrogen and oxygen atoms in total. The summed E-state index contributed by atoms with van der Waals surface area (Å²) in [6.45, 7) is 0.935. The van der Waals surface area contributed by atoms with E-state index in [9.17, 15) is 14.4 Å². The third kappa shape index (κ3) is 5.24. The van der Waals surface area contributed by atoms with Gasteiger partial charge >= 0.3 is 5.97 Å². The maximum atomic E-state index is 12.4. The Hall–Kier alpha value is -2.21. The maximum absolute atomic E-state index is 12.4. The molecule has 0 spiro atoms. The van der Waals surface area contributed by atoms with Crippen LogP contribution >= 0.6 is 0 Å². The van der Waals surface area contributed by atoms with Gasteiger partial charge in [0.1, 0.15) is 0 Å². The van der Waals surface area contributed by atoms with Crippen molar-refractivity contribution in [3.05, 3.63) is 34.9 Å². The lowest BCUT2D eigenvalue weighted by Gasteiger charge is -2.42. The summed E-state index contributed by atoms with van der Waals surface area (Å²) >= 11 is 0. The predicted molar refractivity (Wildman–Crippen MR) is 109 cm³/mol. The molecular weight excluding hydrogens is 368 g/mol. The number of benzene rings is 1. The smallest absolute Gasteiger partial charge is 0.317 e. The van der Waals surface area contributed by atoms with Gasteiger partial charge in [-0.15, -0.1) is 0 Å². The van der Waals surface area contributed by atoms with Crippen molar-refractivity contribution in [3.63, 3.8) is 0 Å². The summed E-state index contributed by atoms with van der Waals surface area (Å²) in [5.41, 5.74) is 3.34. The lowest BCUT2D eigenvalue weighted by Crippen LogP contribution is -2.55. The quantitative estimate of drug-likeness (QED) is 0.592. The van der Waals surface area contributed by atoms with Gasteiger partial charge in [0.15, 0.2) is 5.78 Å². The van der Waals surface area contributed by atoms with Crippen molar-refractivity contribution in [1.29, 1.82) is 0 Å². The number of carboxylic acids is 1. The van der Waals surface area contributed by atoms with Crippen LogP contribution in [-0.2, 0) is 22.4 Å². The second-order valence-electron chi connectivity index (χ2n) is 8.92. The van der Waals surface area contributed by atoms with E-state index in [4.69, 9.17) is 5.11 Å². The summed E-state index contributed by atoms with van der Waals surface area (Å²) < 4.78 is 0. The van der Waals surface area contributed by atoms with Gasteiger partial charge < -0.3 is 10.4 Å². The molecule has 0 saturated heterocycles. The maximum Gasteiger partial charge on any atom is 0.317 e. The van der Waals surface area contributed by atoms with Crippen LogP contribution in [0.5, 0.6) is 0 Å². The van der Waals surface area contributed by atoms with Crippen molar-refractivity contribution < 1.29 is 19.5 Å². The molecular formula is C23H30N2O4. The number of hydrogen-bond acceptors (Lipinski definition) is 4. The molecule has 3 aliphatic carbocycles. The molecule has 2 N–H and O–H groups in total. The number of amides is 1. The number of rotatable bonds is 10. The van der Waals surface area contributed by atoms with Crippen LogP contribution in [0.1, 0.15) is 66.4 Å². The summed E-state index contributed by atoms with van der Waals surface area (Å²) in [4.78, 5) is 37.8. The van der Waals surface area contributed by atoms with Crippen molar-refractivity contribution in [2.24, 2.45) is 5.92 Å². The van der Waals surface area contributed by atoms with Crippen LogP contribution in [0.2, 0.25) is 0 Å². The first-order valence-corrected chi connectivity index (χ1v) is 10.9. The minimum absolute atomic E-state index is 0.0263. The number of nitrogens with one attached hydrogen (secondary N) is 1. The minimum Gasteiger partial charge on any atom is -0.480 e. The zero-order valence-electron chi connectivity index (χ0n) is 16.9. The van der Waals surface area contributed by atoms with E-state index in [1.54, 1.807) is 0 Å². The number of aliphatic carboxylic acids is 1. The molecule has 4 rings (SSSR count). The Morgan fingerprint density at radius 1 is 1.07 bits per heavy atom. The average molecular weight is 399 g/mol. The molecule has 1 amide bonds. The fraction of sp³-hybridized carbons (Fsp3) is 0.609. The topological polar surface area (TPSA) is 86.7 Å². The number of Topliss-reactive ketones (excluding diaryl/α,β-unsaturated/α-hetero) is 1. The van der Waals surface area contributed by atoms with E-state index >= 15 is 0 Å². The van der Waals surface area contributed by atoms with Gasteiger partial charge in [0.2, 0.25) is 5.91 Å². The molecule has 156 valence electrons. The molecule has 0 radical (unpaired) electrons. The highest BCUT2D eigenvalue weighted by Gasteiger charge is 2.37. The molecule has 2 saturated carbocycles. The van der Waals surface area contributed by atoms with E-state index in [1.165, 1.54) is 24.0 Å². The minimum atomic E-state index is -0.789. The summed E-state index contributed by atoms with van der Waals surface area (Å²) in [5.74, 6) is -0.204. The fourth-order valence-electron chi connectivity index (χ4n) is 4.57. The van der Waals surface area contributed by atoms with Gasteiger partial charge in [-0.1, -0.05) is 12.1 Å². The second-order valence-corrected chi connectivity index (χ2v) is 8.92. The van der Waals surface area contributed by atoms with Gasteiger partial charge in [-0.05, 0) is 68.1 Å². The number of aryl methyl sites for hydroxylation is 2. The van der Waals surface area contributed by atoms with E-state index < -0.39 is 5.97 Å². The van der Waals surface area contributed by atoms with Crippen LogP contribution < -0.4 is 5.32 Å². The van der Waals surface area contributed by atoms with Crippen molar-refractivity contribution >= 4 is 17.7 Å². The highest BCUT2D eigenvalue weighted by Crippen LogP contribution is 2.33. The largest absolute Gasteiger partial charge is 0.480 e. The van der Waals surface area contributed by atoms with E-state index in [0.29, 0.717) is 11.5 Å². The Kier molecular flexibility index (Phi) is 5.99. The highest BCUT2D eigenvalue weighted by atomic mass is 16.4. The molecule has 2 fully saturated rings. The van der Waals surface area contributed by atoms with Crippen LogP contribution in [0, 0.1) is 5.92 Å². The summed E-state index contributed by atoms with van der Waals surface area (Å²) in [7, 11) is 0. The molecule has 0 heterocycles. The van der Waals surface area contributed by atoms with Crippen molar-refractivity contribution in [2.75, 3.05) is 13.1 Å². The van der Waals surface area contributed by atoms with Gasteiger partial charge in [-0.2, -0.15) is 0 Å². The lowest BCUT2D eigenvalue weighted by atomic mass is 9.85. The van der Waals surface area contributed by atoms with Gasteiger partial charge in [-0.25, -0.2) is 0 Å². The number of ketones is 1. The molecule has 1 aromatic carbocycles.